The van der Waals surface area contributed by atoms with Crippen molar-refractivity contribution < 1.29 is 8.42 Å². The van der Waals surface area contributed by atoms with Crippen LogP contribution >= 0.6 is 0 Å². The van der Waals surface area contributed by atoms with Crippen molar-refractivity contribution in [2.75, 3.05) is 6.26 Å². The van der Waals surface area contributed by atoms with Gasteiger partial charge < -0.3 is 0 Å². The molecule has 1 rings (SSSR count). The molecule has 0 aliphatic rings. The zero-order valence-corrected chi connectivity index (χ0v) is 6.30. The van der Waals surface area contributed by atoms with Gasteiger partial charge >= 0.3 is 0 Å². The lowest BCUT2D eigenvalue weighted by Crippen LogP contribution is -1.98. The minimum atomic E-state index is -3.11. The Hall–Kier alpha value is -0.900. The van der Waals surface area contributed by atoms with Crippen molar-refractivity contribution in [3.05, 3.63) is 24.4 Å². The number of aromatic nitrogens is 1. The summed E-state index contributed by atoms with van der Waals surface area (Å²) >= 11 is 0. The van der Waals surface area contributed by atoms with Crippen molar-refractivity contribution in [1.29, 1.82) is 0 Å². The minimum absolute atomic E-state index is 0.120. The highest BCUT2D eigenvalue weighted by atomic mass is 32.2. The Kier molecular flexibility index (Phi) is 1.72. The fraction of sp³-hybridized carbons (Fsp3) is 0.167. The van der Waals surface area contributed by atoms with Crippen LogP contribution in [0.25, 0.3) is 0 Å². The van der Waals surface area contributed by atoms with E-state index in [4.69, 9.17) is 0 Å². The molecule has 0 saturated carbocycles. The number of hydrogen-bond donors (Lipinski definition) is 0. The number of rotatable bonds is 1. The molecule has 1 aromatic heterocycles. The van der Waals surface area contributed by atoms with Gasteiger partial charge in [-0.1, -0.05) is 6.07 Å². The summed E-state index contributed by atoms with van der Waals surface area (Å²) in [6.45, 7) is 0. The summed E-state index contributed by atoms with van der Waals surface area (Å²) in [5, 5.41) is 0.120. The van der Waals surface area contributed by atoms with Gasteiger partial charge in [-0.25, -0.2) is 13.4 Å². The van der Waals surface area contributed by atoms with E-state index < -0.39 is 9.84 Å². The van der Waals surface area contributed by atoms with Crippen molar-refractivity contribution in [3.63, 3.8) is 0 Å². The van der Waals surface area contributed by atoms with Gasteiger partial charge in [0.05, 0.1) is 0 Å². The Morgan fingerprint density at radius 1 is 1.40 bits per heavy atom. The maximum atomic E-state index is 10.8. The number of nitrogens with zero attached hydrogens (tertiary/aromatic N) is 1. The lowest BCUT2D eigenvalue weighted by atomic mass is 10.6. The third-order valence-corrected chi connectivity index (χ3v) is 2.02. The summed E-state index contributed by atoms with van der Waals surface area (Å²) in [7, 11) is -3.11. The van der Waals surface area contributed by atoms with Crippen LogP contribution in [-0.2, 0) is 9.84 Å². The van der Waals surface area contributed by atoms with E-state index in [0.717, 1.165) is 6.26 Å². The molecule has 3 nitrogen and oxygen atoms in total. The summed E-state index contributed by atoms with van der Waals surface area (Å²) in [6, 6.07) is 4.79. The molecular formula is C6H7NO2S. The maximum absolute atomic E-state index is 10.8. The lowest BCUT2D eigenvalue weighted by molar-refractivity contribution is 0.598. The van der Waals surface area contributed by atoms with Crippen LogP contribution in [0.3, 0.4) is 0 Å². The topological polar surface area (TPSA) is 47.0 Å². The summed E-state index contributed by atoms with van der Waals surface area (Å²) in [5.41, 5.74) is 0. The van der Waals surface area contributed by atoms with Gasteiger partial charge in [-0.15, -0.1) is 0 Å². The summed E-state index contributed by atoms with van der Waals surface area (Å²) in [5.74, 6) is 0. The standard InChI is InChI=1S/C6H7NO2S/c1-10(8,9)6-4-2-3-5-7-6/h2-5H,1H3/i6+1. The molecular weight excluding hydrogens is 151 g/mol. The van der Waals surface area contributed by atoms with E-state index >= 15 is 0 Å². The Balaban J connectivity index is 3.22. The average Bonchev–Trinajstić information content (AvgIpc) is 1.88. The predicted octanol–water partition coefficient (Wildman–Crippen LogP) is 0.485. The predicted molar refractivity (Wildman–Crippen MR) is 37.3 cm³/mol. The molecule has 1 heterocycles. The van der Waals surface area contributed by atoms with E-state index in [0.29, 0.717) is 0 Å². The molecule has 1 aromatic rings. The van der Waals surface area contributed by atoms with Gasteiger partial charge in [0.15, 0.2) is 14.9 Å². The van der Waals surface area contributed by atoms with E-state index in [-0.39, 0.29) is 5.03 Å². The molecule has 10 heavy (non-hydrogen) atoms. The molecule has 0 fully saturated rings. The van der Waals surface area contributed by atoms with Crippen molar-refractivity contribution >= 4 is 9.84 Å². The lowest BCUT2D eigenvalue weighted by Gasteiger charge is -1.92. The molecule has 0 unspecified atom stereocenters. The maximum Gasteiger partial charge on any atom is 0.192 e. The molecule has 0 spiro atoms. The Morgan fingerprint density at radius 3 is 2.40 bits per heavy atom. The zero-order chi connectivity index (χ0) is 7.61. The number of pyridine rings is 1. The van der Waals surface area contributed by atoms with Gasteiger partial charge in [0.2, 0.25) is 0 Å². The molecule has 0 bridgehead atoms. The quantitative estimate of drug-likeness (QED) is 0.597. The first kappa shape index (κ1) is 7.21. The van der Waals surface area contributed by atoms with Gasteiger partial charge in [0.25, 0.3) is 0 Å². The monoisotopic (exact) mass is 158 g/mol. The second-order valence-electron chi connectivity index (χ2n) is 1.94. The highest BCUT2D eigenvalue weighted by molar-refractivity contribution is 7.90. The zero-order valence-electron chi connectivity index (χ0n) is 5.48. The van der Waals surface area contributed by atoms with Crippen LogP contribution in [0, 0.1) is 0 Å². The molecule has 0 aliphatic carbocycles. The third-order valence-electron chi connectivity index (χ3n) is 1.02. The molecule has 0 aliphatic heterocycles. The van der Waals surface area contributed by atoms with Gasteiger partial charge in [-0.05, 0) is 12.1 Å². The highest BCUT2D eigenvalue weighted by Crippen LogP contribution is 2.00. The van der Waals surface area contributed by atoms with Crippen LogP contribution in [0.5, 0.6) is 0 Å². The van der Waals surface area contributed by atoms with E-state index in [1.165, 1.54) is 12.3 Å². The van der Waals surface area contributed by atoms with Crippen LogP contribution < -0.4 is 0 Å². The largest absolute Gasteiger partial charge is 0.245 e. The van der Waals surface area contributed by atoms with Crippen LogP contribution in [0.15, 0.2) is 29.4 Å². The molecule has 0 N–H and O–H groups in total. The van der Waals surface area contributed by atoms with E-state index in [1.54, 1.807) is 12.1 Å². The van der Waals surface area contributed by atoms with Gasteiger partial charge in [0.1, 0.15) is 0 Å². The highest BCUT2D eigenvalue weighted by Gasteiger charge is 2.05. The van der Waals surface area contributed by atoms with Crippen LogP contribution in [0.1, 0.15) is 0 Å². The molecule has 54 valence electrons. The molecule has 0 atom stereocenters. The first-order valence-electron chi connectivity index (χ1n) is 2.72. The van der Waals surface area contributed by atoms with Gasteiger partial charge in [-0.3, -0.25) is 0 Å². The number of sulfone groups is 1. The van der Waals surface area contributed by atoms with Crippen molar-refractivity contribution in [1.82, 2.24) is 4.98 Å². The second kappa shape index (κ2) is 2.38. The van der Waals surface area contributed by atoms with E-state index in [9.17, 15) is 8.42 Å². The van der Waals surface area contributed by atoms with E-state index in [1.807, 2.05) is 0 Å². The van der Waals surface area contributed by atoms with E-state index in [2.05, 4.69) is 4.98 Å². The summed E-state index contributed by atoms with van der Waals surface area (Å²) < 4.78 is 21.5. The normalized spacial score (nSPS) is 11.3. The summed E-state index contributed by atoms with van der Waals surface area (Å²) in [4.78, 5) is 3.66. The third kappa shape index (κ3) is 1.54. The molecule has 4 heteroatoms. The fourth-order valence-electron chi connectivity index (χ4n) is 0.566. The van der Waals surface area contributed by atoms with Crippen LogP contribution in [0.2, 0.25) is 0 Å². The van der Waals surface area contributed by atoms with Crippen molar-refractivity contribution in [2.45, 2.75) is 5.03 Å². The Labute approximate surface area is 59.6 Å². The van der Waals surface area contributed by atoms with Gasteiger partial charge in [0, 0.05) is 12.5 Å². The van der Waals surface area contributed by atoms with Gasteiger partial charge in [-0.2, -0.15) is 0 Å². The molecule has 0 radical (unpaired) electrons. The first-order valence-corrected chi connectivity index (χ1v) is 4.61. The first-order chi connectivity index (χ1) is 4.61. The average molecular weight is 158 g/mol. The van der Waals surface area contributed by atoms with Crippen molar-refractivity contribution in [3.8, 4) is 0 Å². The fourth-order valence-corrected chi connectivity index (χ4v) is 1.14. The molecule has 0 aromatic carbocycles. The second-order valence-corrected chi connectivity index (χ2v) is 3.90. The number of hydrogen-bond acceptors (Lipinski definition) is 3. The SMILES string of the molecule is CS(=O)(=O)[13c]1ccccn1. The van der Waals surface area contributed by atoms with Crippen LogP contribution in [0.4, 0.5) is 0 Å². The Bertz CT molecular complexity index is 304. The van der Waals surface area contributed by atoms with Crippen molar-refractivity contribution in [2.24, 2.45) is 0 Å². The molecule has 0 saturated heterocycles. The summed E-state index contributed by atoms with van der Waals surface area (Å²) in [6.07, 6.45) is 2.59. The molecule has 0 amide bonds. The smallest absolute Gasteiger partial charge is 0.192 e. The van der Waals surface area contributed by atoms with Crippen LogP contribution in [-0.4, -0.2) is 19.7 Å². The minimum Gasteiger partial charge on any atom is -0.245 e. The Morgan fingerprint density at radius 2 is 2.10 bits per heavy atom.